The van der Waals surface area contributed by atoms with E-state index < -0.39 is 12.2 Å². The van der Waals surface area contributed by atoms with Crippen molar-refractivity contribution in [3.63, 3.8) is 0 Å². The molecule has 2 amide bonds. The van der Waals surface area contributed by atoms with Gasteiger partial charge in [0.1, 0.15) is 30.4 Å². The maximum absolute atomic E-state index is 13.8. The molecule has 3 N–H and O–H groups in total. The topological polar surface area (TPSA) is 106 Å². The number of carbonyl (C=O) groups excluding carboxylic acids is 2. The maximum Gasteiger partial charge on any atom is 0.250 e. The molecule has 4 atom stereocenters. The molecule has 0 unspecified atom stereocenters. The lowest BCUT2D eigenvalue weighted by molar-refractivity contribution is -0.142. The zero-order chi connectivity index (χ0) is 23.4. The van der Waals surface area contributed by atoms with Crippen LogP contribution in [0.2, 0.25) is 0 Å². The summed E-state index contributed by atoms with van der Waals surface area (Å²) < 4.78 is 30.6. The number of anilines is 1. The Morgan fingerprint density at radius 3 is 2.79 bits per heavy atom. The smallest absolute Gasteiger partial charge is 0.250 e. The number of aliphatic hydroxyl groups excluding tert-OH is 1. The van der Waals surface area contributed by atoms with Crippen molar-refractivity contribution in [2.45, 2.75) is 43.6 Å². The highest BCUT2D eigenvalue weighted by Crippen LogP contribution is 2.47. The minimum absolute atomic E-state index is 0.0515. The van der Waals surface area contributed by atoms with Crippen LogP contribution >= 0.6 is 0 Å². The highest BCUT2D eigenvalue weighted by molar-refractivity contribution is 5.92. The second-order valence-corrected chi connectivity index (χ2v) is 8.21. The predicted molar refractivity (Wildman–Crippen MR) is 117 cm³/mol. The number of hydrogen-bond acceptors (Lipinski definition) is 6. The molecule has 0 aromatic heterocycles. The summed E-state index contributed by atoms with van der Waals surface area (Å²) >= 11 is 0. The maximum atomic E-state index is 13.8. The standard InChI is InChI=1S/C24H27FN2O6/c1-31-13-23(30)27-15-6-7-20-17(8-15)18-9-16(32-21(12-28)24(18)33-20)10-22(29)26-11-14-4-2-3-5-19(14)25/h2-8,16,18,21,24,28H,9-13H2,1H3,(H,26,29)(H,27,30)/t16-,18+,21-,24-/m0/s1. The lowest BCUT2D eigenvalue weighted by Gasteiger charge is -2.37. The normalized spacial score (nSPS) is 23.2. The number of halogens is 1. The van der Waals surface area contributed by atoms with Gasteiger partial charge in [0.05, 0.1) is 19.1 Å². The molecular weight excluding hydrogens is 431 g/mol. The zero-order valence-electron chi connectivity index (χ0n) is 18.3. The summed E-state index contributed by atoms with van der Waals surface area (Å²) in [6, 6.07) is 11.6. The largest absolute Gasteiger partial charge is 0.487 e. The summed E-state index contributed by atoms with van der Waals surface area (Å²) in [5, 5.41) is 15.4. The lowest BCUT2D eigenvalue weighted by Crippen LogP contribution is -2.47. The van der Waals surface area contributed by atoms with Crippen molar-refractivity contribution in [2.75, 3.05) is 25.6 Å². The summed E-state index contributed by atoms with van der Waals surface area (Å²) in [5.74, 6) is -0.338. The number of carbonyl (C=O) groups is 2. The van der Waals surface area contributed by atoms with E-state index in [0.29, 0.717) is 23.4 Å². The summed E-state index contributed by atoms with van der Waals surface area (Å²) in [4.78, 5) is 24.4. The molecule has 2 aliphatic heterocycles. The van der Waals surface area contributed by atoms with E-state index in [-0.39, 0.29) is 55.8 Å². The van der Waals surface area contributed by atoms with Crippen LogP contribution in [0.1, 0.15) is 29.9 Å². The Hall–Kier alpha value is -3.01. The number of amides is 2. The first-order valence-electron chi connectivity index (χ1n) is 10.8. The van der Waals surface area contributed by atoms with Gasteiger partial charge in [0.25, 0.3) is 0 Å². The van der Waals surface area contributed by atoms with Gasteiger partial charge in [-0.1, -0.05) is 18.2 Å². The average molecular weight is 458 g/mol. The molecule has 33 heavy (non-hydrogen) atoms. The van der Waals surface area contributed by atoms with E-state index in [9.17, 15) is 19.1 Å². The molecule has 8 nitrogen and oxygen atoms in total. The third-order valence-electron chi connectivity index (χ3n) is 5.91. The molecule has 1 saturated heterocycles. The van der Waals surface area contributed by atoms with Crippen LogP contribution in [0, 0.1) is 5.82 Å². The SMILES string of the molecule is COCC(=O)Nc1ccc2c(c1)[C@H]1C[C@@H](CC(=O)NCc3ccccc3F)O[C@@H](CO)[C@H]1O2. The van der Waals surface area contributed by atoms with Crippen molar-refractivity contribution < 1.29 is 33.3 Å². The summed E-state index contributed by atoms with van der Waals surface area (Å²) in [5.41, 5.74) is 1.92. The fourth-order valence-corrected chi connectivity index (χ4v) is 4.41. The zero-order valence-corrected chi connectivity index (χ0v) is 18.3. The highest BCUT2D eigenvalue weighted by atomic mass is 19.1. The molecule has 2 aromatic rings. The molecule has 2 aromatic carbocycles. The highest BCUT2D eigenvalue weighted by Gasteiger charge is 2.46. The molecule has 0 spiro atoms. The number of rotatable bonds is 8. The predicted octanol–water partition coefficient (Wildman–Crippen LogP) is 2.11. The second-order valence-electron chi connectivity index (χ2n) is 8.21. The van der Waals surface area contributed by atoms with Gasteiger partial charge in [-0.05, 0) is 30.7 Å². The van der Waals surface area contributed by atoms with Gasteiger partial charge in [-0.2, -0.15) is 0 Å². The summed E-state index contributed by atoms with van der Waals surface area (Å²) in [6.45, 7) is -0.214. The van der Waals surface area contributed by atoms with Crippen molar-refractivity contribution >= 4 is 17.5 Å². The number of benzene rings is 2. The molecule has 9 heteroatoms. The fourth-order valence-electron chi connectivity index (χ4n) is 4.41. The molecular formula is C24H27FN2O6. The molecule has 2 aliphatic rings. The van der Waals surface area contributed by atoms with Crippen molar-refractivity contribution in [2.24, 2.45) is 0 Å². The monoisotopic (exact) mass is 458 g/mol. The lowest BCUT2D eigenvalue weighted by atomic mass is 9.84. The quantitative estimate of drug-likeness (QED) is 0.560. The van der Waals surface area contributed by atoms with Crippen LogP contribution in [0.15, 0.2) is 42.5 Å². The van der Waals surface area contributed by atoms with Crippen LogP contribution < -0.4 is 15.4 Å². The van der Waals surface area contributed by atoms with Gasteiger partial charge in [0.2, 0.25) is 11.8 Å². The van der Waals surface area contributed by atoms with Crippen LogP contribution in [0.5, 0.6) is 5.75 Å². The Morgan fingerprint density at radius 2 is 2.03 bits per heavy atom. The van der Waals surface area contributed by atoms with Crippen LogP contribution in [-0.2, 0) is 25.6 Å². The number of fused-ring (bicyclic) bond motifs is 3. The third kappa shape index (κ3) is 5.32. The Labute approximate surface area is 191 Å². The molecule has 0 aliphatic carbocycles. The van der Waals surface area contributed by atoms with Crippen LogP contribution in [-0.4, -0.2) is 55.6 Å². The first-order chi connectivity index (χ1) is 16.0. The van der Waals surface area contributed by atoms with Crippen molar-refractivity contribution in [1.82, 2.24) is 5.32 Å². The van der Waals surface area contributed by atoms with Gasteiger partial charge < -0.3 is 30.0 Å². The Morgan fingerprint density at radius 1 is 1.21 bits per heavy atom. The molecule has 4 rings (SSSR count). The first kappa shape index (κ1) is 23.2. The minimum atomic E-state index is -0.591. The van der Waals surface area contributed by atoms with E-state index in [1.165, 1.54) is 13.2 Å². The Kier molecular flexibility index (Phi) is 7.22. The average Bonchev–Trinajstić information content (AvgIpc) is 3.16. The molecule has 0 bridgehead atoms. The summed E-state index contributed by atoms with van der Waals surface area (Å²) in [6.07, 6.45) is -0.824. The number of aliphatic hydroxyl groups is 1. The van der Waals surface area contributed by atoms with Crippen molar-refractivity contribution in [3.05, 3.63) is 59.4 Å². The molecule has 0 saturated carbocycles. The van der Waals surface area contributed by atoms with Gasteiger partial charge in [-0.15, -0.1) is 0 Å². The molecule has 1 fully saturated rings. The molecule has 176 valence electrons. The Balaban J connectivity index is 1.42. The fraction of sp³-hybridized carbons (Fsp3) is 0.417. The number of nitrogens with one attached hydrogen (secondary N) is 2. The first-order valence-corrected chi connectivity index (χ1v) is 10.8. The molecule has 0 radical (unpaired) electrons. The van der Waals surface area contributed by atoms with Gasteiger partial charge in [0.15, 0.2) is 0 Å². The van der Waals surface area contributed by atoms with Gasteiger partial charge in [0, 0.05) is 36.4 Å². The van der Waals surface area contributed by atoms with E-state index >= 15 is 0 Å². The van der Waals surface area contributed by atoms with Gasteiger partial charge >= 0.3 is 0 Å². The van der Waals surface area contributed by atoms with E-state index in [4.69, 9.17) is 14.2 Å². The van der Waals surface area contributed by atoms with E-state index in [1.54, 1.807) is 30.3 Å². The third-order valence-corrected chi connectivity index (χ3v) is 5.91. The van der Waals surface area contributed by atoms with Crippen LogP contribution in [0.4, 0.5) is 10.1 Å². The van der Waals surface area contributed by atoms with Crippen LogP contribution in [0.25, 0.3) is 0 Å². The van der Waals surface area contributed by atoms with Crippen LogP contribution in [0.3, 0.4) is 0 Å². The molecule has 2 heterocycles. The van der Waals surface area contributed by atoms with Crippen molar-refractivity contribution in [1.29, 1.82) is 0 Å². The number of ether oxygens (including phenoxy) is 3. The minimum Gasteiger partial charge on any atom is -0.487 e. The van der Waals surface area contributed by atoms with E-state index in [0.717, 1.165) is 5.56 Å². The number of hydrogen-bond donors (Lipinski definition) is 3. The second kappa shape index (κ2) is 10.3. The van der Waals surface area contributed by atoms with Crippen molar-refractivity contribution in [3.8, 4) is 5.75 Å². The van der Waals surface area contributed by atoms with Gasteiger partial charge in [-0.3, -0.25) is 9.59 Å². The Bertz CT molecular complexity index is 1020. The summed E-state index contributed by atoms with van der Waals surface area (Å²) in [7, 11) is 1.45. The number of methoxy groups -OCH3 is 1. The van der Waals surface area contributed by atoms with E-state index in [2.05, 4.69) is 10.6 Å². The van der Waals surface area contributed by atoms with Gasteiger partial charge in [-0.25, -0.2) is 4.39 Å². The van der Waals surface area contributed by atoms with E-state index in [1.807, 2.05) is 6.07 Å².